The summed E-state index contributed by atoms with van der Waals surface area (Å²) in [6.07, 6.45) is 0. The van der Waals surface area contributed by atoms with Crippen LogP contribution in [0.5, 0.6) is 5.75 Å². The summed E-state index contributed by atoms with van der Waals surface area (Å²) < 4.78 is 19.4. The van der Waals surface area contributed by atoms with Crippen molar-refractivity contribution in [3.8, 4) is 5.75 Å². The number of ether oxygens (including phenoxy) is 1. The van der Waals surface area contributed by atoms with Gasteiger partial charge in [-0.2, -0.15) is 0 Å². The molecule has 2 amide bonds. The minimum absolute atomic E-state index is 0.101. The maximum atomic E-state index is 13.1. The molecule has 1 N–H and O–H groups in total. The molecule has 0 spiro atoms. The first kappa shape index (κ1) is 19.1. The fourth-order valence-electron chi connectivity index (χ4n) is 3.07. The lowest BCUT2D eigenvalue weighted by molar-refractivity contribution is -0.121. The molecule has 0 bridgehead atoms. The molecule has 3 aromatic carbocycles. The van der Waals surface area contributed by atoms with Crippen LogP contribution in [0, 0.1) is 5.82 Å². The standard InChI is InChI=1S/C22H16BrFN2O3/c23-18-4-2-1-3-17(18)22(28)25-16-9-10-19-20(11-16)29-13-21(27)26(19)12-14-5-7-15(24)8-6-14/h1-11H,12-13H2,(H,25,28). The summed E-state index contributed by atoms with van der Waals surface area (Å²) in [6, 6.07) is 18.3. The predicted octanol–water partition coefficient (Wildman–Crippen LogP) is 4.77. The van der Waals surface area contributed by atoms with Crippen molar-refractivity contribution in [1.29, 1.82) is 0 Å². The smallest absolute Gasteiger partial charge is 0.265 e. The average Bonchev–Trinajstić information content (AvgIpc) is 2.72. The minimum Gasteiger partial charge on any atom is -0.481 e. The van der Waals surface area contributed by atoms with Crippen LogP contribution in [-0.4, -0.2) is 18.4 Å². The van der Waals surface area contributed by atoms with Gasteiger partial charge >= 0.3 is 0 Å². The number of benzene rings is 3. The largest absolute Gasteiger partial charge is 0.481 e. The van der Waals surface area contributed by atoms with Gasteiger partial charge in [-0.3, -0.25) is 9.59 Å². The summed E-state index contributed by atoms with van der Waals surface area (Å²) in [7, 11) is 0. The Labute approximate surface area is 175 Å². The lowest BCUT2D eigenvalue weighted by atomic mass is 10.1. The van der Waals surface area contributed by atoms with Crippen molar-refractivity contribution < 1.29 is 18.7 Å². The number of carbonyl (C=O) groups is 2. The molecule has 146 valence electrons. The number of carbonyl (C=O) groups excluding carboxylic acids is 2. The van der Waals surface area contributed by atoms with Gasteiger partial charge in [-0.1, -0.05) is 24.3 Å². The molecule has 0 radical (unpaired) electrons. The third-order valence-corrected chi connectivity index (χ3v) is 5.22. The van der Waals surface area contributed by atoms with E-state index >= 15 is 0 Å². The Kier molecular flexibility index (Phi) is 5.31. The quantitative estimate of drug-likeness (QED) is 0.617. The third-order valence-electron chi connectivity index (χ3n) is 4.53. The van der Waals surface area contributed by atoms with Crippen LogP contribution in [0.4, 0.5) is 15.8 Å². The highest BCUT2D eigenvalue weighted by Gasteiger charge is 2.26. The number of fused-ring (bicyclic) bond motifs is 1. The van der Waals surface area contributed by atoms with Gasteiger partial charge in [0, 0.05) is 16.2 Å². The first-order chi connectivity index (χ1) is 14.0. The highest BCUT2D eigenvalue weighted by atomic mass is 79.9. The second-order valence-corrected chi connectivity index (χ2v) is 7.37. The molecule has 0 aromatic heterocycles. The van der Waals surface area contributed by atoms with Crippen molar-refractivity contribution in [2.24, 2.45) is 0 Å². The molecule has 0 unspecified atom stereocenters. The molecule has 3 aromatic rings. The fraction of sp³-hybridized carbons (Fsp3) is 0.0909. The molecule has 29 heavy (non-hydrogen) atoms. The molecule has 7 heteroatoms. The van der Waals surface area contributed by atoms with Crippen LogP contribution in [0.25, 0.3) is 0 Å². The lowest BCUT2D eigenvalue weighted by Gasteiger charge is -2.29. The molecule has 0 fully saturated rings. The Bertz CT molecular complexity index is 1090. The monoisotopic (exact) mass is 454 g/mol. The summed E-state index contributed by atoms with van der Waals surface area (Å²) in [5.74, 6) is -0.274. The Morgan fingerprint density at radius 1 is 1.10 bits per heavy atom. The molecule has 5 nitrogen and oxygen atoms in total. The fourth-order valence-corrected chi connectivity index (χ4v) is 3.54. The normalized spacial score (nSPS) is 12.9. The minimum atomic E-state index is -0.326. The van der Waals surface area contributed by atoms with Gasteiger partial charge < -0.3 is 15.0 Å². The number of nitrogens with one attached hydrogen (secondary N) is 1. The maximum Gasteiger partial charge on any atom is 0.265 e. The number of anilines is 2. The Hall–Kier alpha value is -3.19. The highest BCUT2D eigenvalue weighted by Crippen LogP contribution is 2.35. The van der Waals surface area contributed by atoms with Crippen LogP contribution < -0.4 is 15.0 Å². The van der Waals surface area contributed by atoms with Crippen molar-refractivity contribution in [2.75, 3.05) is 16.8 Å². The van der Waals surface area contributed by atoms with E-state index in [-0.39, 0.29) is 24.2 Å². The van der Waals surface area contributed by atoms with E-state index in [2.05, 4.69) is 21.2 Å². The van der Waals surface area contributed by atoms with E-state index < -0.39 is 0 Å². The van der Waals surface area contributed by atoms with E-state index in [4.69, 9.17) is 4.74 Å². The molecule has 1 aliphatic rings. The van der Waals surface area contributed by atoms with Gasteiger partial charge in [0.05, 0.1) is 17.8 Å². The number of rotatable bonds is 4. The number of nitrogens with zero attached hydrogens (tertiary/aromatic N) is 1. The van der Waals surface area contributed by atoms with E-state index in [1.54, 1.807) is 53.4 Å². The Morgan fingerprint density at radius 2 is 1.86 bits per heavy atom. The molecule has 4 rings (SSSR count). The average molecular weight is 455 g/mol. The molecular formula is C22H16BrFN2O3. The Balaban J connectivity index is 1.56. The zero-order chi connectivity index (χ0) is 20.4. The molecular weight excluding hydrogens is 439 g/mol. The topological polar surface area (TPSA) is 58.6 Å². The third kappa shape index (κ3) is 4.14. The molecule has 0 saturated heterocycles. The summed E-state index contributed by atoms with van der Waals surface area (Å²) in [5.41, 5.74) is 2.48. The number of halogens is 2. The summed E-state index contributed by atoms with van der Waals surface area (Å²) >= 11 is 3.37. The first-order valence-corrected chi connectivity index (χ1v) is 9.68. The van der Waals surface area contributed by atoms with E-state index in [1.165, 1.54) is 12.1 Å². The summed E-state index contributed by atoms with van der Waals surface area (Å²) in [4.78, 5) is 26.5. The van der Waals surface area contributed by atoms with Gasteiger partial charge in [0.2, 0.25) is 0 Å². The van der Waals surface area contributed by atoms with Crippen molar-refractivity contribution in [2.45, 2.75) is 6.54 Å². The molecule has 1 aliphatic heterocycles. The van der Waals surface area contributed by atoms with E-state index in [1.807, 2.05) is 6.07 Å². The zero-order valence-corrected chi connectivity index (χ0v) is 16.8. The van der Waals surface area contributed by atoms with Crippen LogP contribution in [0.2, 0.25) is 0 Å². The first-order valence-electron chi connectivity index (χ1n) is 8.89. The maximum absolute atomic E-state index is 13.1. The SMILES string of the molecule is O=C(Nc1ccc2c(c1)OCC(=O)N2Cc1ccc(F)cc1)c1ccccc1Br. The van der Waals surface area contributed by atoms with Crippen LogP contribution in [0.1, 0.15) is 15.9 Å². The van der Waals surface area contributed by atoms with Gasteiger partial charge in [-0.15, -0.1) is 0 Å². The van der Waals surface area contributed by atoms with Crippen LogP contribution >= 0.6 is 15.9 Å². The van der Waals surface area contributed by atoms with Gasteiger partial charge in [0.15, 0.2) is 6.61 Å². The molecule has 0 saturated carbocycles. The predicted molar refractivity (Wildman–Crippen MR) is 112 cm³/mol. The highest BCUT2D eigenvalue weighted by molar-refractivity contribution is 9.10. The second kappa shape index (κ2) is 8.05. The van der Waals surface area contributed by atoms with E-state index in [0.717, 1.165) is 5.56 Å². The summed E-state index contributed by atoms with van der Waals surface area (Å²) in [5, 5.41) is 2.84. The van der Waals surface area contributed by atoms with Crippen molar-refractivity contribution >= 4 is 39.1 Å². The second-order valence-electron chi connectivity index (χ2n) is 6.51. The van der Waals surface area contributed by atoms with Gasteiger partial charge in [-0.05, 0) is 57.9 Å². The zero-order valence-electron chi connectivity index (χ0n) is 15.2. The van der Waals surface area contributed by atoms with Gasteiger partial charge in [0.25, 0.3) is 11.8 Å². The van der Waals surface area contributed by atoms with Gasteiger partial charge in [0.1, 0.15) is 11.6 Å². The number of hydrogen-bond acceptors (Lipinski definition) is 3. The molecule has 0 aliphatic carbocycles. The lowest BCUT2D eigenvalue weighted by Crippen LogP contribution is -2.38. The van der Waals surface area contributed by atoms with Crippen LogP contribution in [0.15, 0.2) is 71.2 Å². The number of amides is 2. The van der Waals surface area contributed by atoms with Crippen LogP contribution in [0.3, 0.4) is 0 Å². The summed E-state index contributed by atoms with van der Waals surface area (Å²) in [6.45, 7) is 0.202. The van der Waals surface area contributed by atoms with Crippen molar-refractivity contribution in [3.05, 3.63) is 88.1 Å². The molecule has 1 heterocycles. The van der Waals surface area contributed by atoms with E-state index in [0.29, 0.717) is 33.7 Å². The number of hydrogen-bond donors (Lipinski definition) is 1. The van der Waals surface area contributed by atoms with Gasteiger partial charge in [-0.25, -0.2) is 4.39 Å². The van der Waals surface area contributed by atoms with Crippen LogP contribution in [-0.2, 0) is 11.3 Å². The van der Waals surface area contributed by atoms with Crippen molar-refractivity contribution in [3.63, 3.8) is 0 Å². The van der Waals surface area contributed by atoms with Crippen molar-refractivity contribution in [1.82, 2.24) is 0 Å². The Morgan fingerprint density at radius 3 is 2.62 bits per heavy atom. The molecule has 0 atom stereocenters. The van der Waals surface area contributed by atoms with E-state index in [9.17, 15) is 14.0 Å².